The van der Waals surface area contributed by atoms with Crippen molar-refractivity contribution in [3.63, 3.8) is 0 Å². The number of rotatable bonds is 3. The van der Waals surface area contributed by atoms with Crippen molar-refractivity contribution in [1.82, 2.24) is 9.80 Å². The molecular formula is C27H27ClN4O2. The van der Waals surface area contributed by atoms with Gasteiger partial charge in [-0.1, -0.05) is 35.9 Å². The molecule has 0 saturated carbocycles. The molecule has 0 aromatic heterocycles. The number of nitrogens with zero attached hydrogens (tertiary/aromatic N) is 4. The summed E-state index contributed by atoms with van der Waals surface area (Å²) in [6, 6.07) is 15.5. The van der Waals surface area contributed by atoms with E-state index in [0.29, 0.717) is 22.4 Å². The molecule has 0 radical (unpaired) electrons. The quantitative estimate of drug-likeness (QED) is 0.624. The number of azo groups is 1. The van der Waals surface area contributed by atoms with Gasteiger partial charge in [0, 0.05) is 60.9 Å². The van der Waals surface area contributed by atoms with Crippen LogP contribution in [0.4, 0.5) is 0 Å². The van der Waals surface area contributed by atoms with Gasteiger partial charge in [0.15, 0.2) is 0 Å². The second-order valence-electron chi connectivity index (χ2n) is 9.95. The fraction of sp³-hybridized carbons (Fsp3) is 0.407. The first-order chi connectivity index (χ1) is 16.5. The first-order valence-corrected chi connectivity index (χ1v) is 12.5. The standard InChI is InChI=1S/C27H27ClN4O2/c28-24-9-7-18(8-10-24)17-1-3-19(4-2-17)26(33)31-13-22-15-32(16-23(22)14-31)27(34)20-5-6-21-12-29-30-25(21)11-20/h1-4,7-10,20,22-23H,5-6,11-16H2/t20-,22-,23-/m1/s1. The van der Waals surface area contributed by atoms with Crippen LogP contribution in [-0.2, 0) is 4.79 Å². The van der Waals surface area contributed by atoms with E-state index in [1.165, 1.54) is 5.57 Å². The number of allylic oxidation sites excluding steroid dienone is 1. The van der Waals surface area contributed by atoms with E-state index in [-0.39, 0.29) is 17.7 Å². The third-order valence-corrected chi connectivity index (χ3v) is 8.09. The van der Waals surface area contributed by atoms with Crippen LogP contribution in [0.3, 0.4) is 0 Å². The zero-order valence-corrected chi connectivity index (χ0v) is 19.7. The van der Waals surface area contributed by atoms with E-state index in [2.05, 4.69) is 10.2 Å². The lowest BCUT2D eigenvalue weighted by atomic mass is 9.87. The molecule has 7 heteroatoms. The first kappa shape index (κ1) is 21.5. The Bertz CT molecular complexity index is 1170. The fourth-order valence-corrected chi connectivity index (χ4v) is 6.02. The molecule has 34 heavy (non-hydrogen) atoms. The second-order valence-corrected chi connectivity index (χ2v) is 10.4. The van der Waals surface area contributed by atoms with Gasteiger partial charge in [-0.15, -0.1) is 0 Å². The highest BCUT2D eigenvalue weighted by molar-refractivity contribution is 6.30. The number of amides is 2. The van der Waals surface area contributed by atoms with Crippen LogP contribution in [0, 0.1) is 17.8 Å². The molecule has 6 nitrogen and oxygen atoms in total. The van der Waals surface area contributed by atoms with E-state index < -0.39 is 0 Å². The zero-order chi connectivity index (χ0) is 23.2. The molecule has 4 aliphatic rings. The molecule has 2 aromatic rings. The van der Waals surface area contributed by atoms with Gasteiger partial charge < -0.3 is 9.80 Å². The summed E-state index contributed by atoms with van der Waals surface area (Å²) in [6.07, 6.45) is 2.59. The van der Waals surface area contributed by atoms with E-state index in [9.17, 15) is 9.59 Å². The lowest BCUT2D eigenvalue weighted by Gasteiger charge is -2.28. The van der Waals surface area contributed by atoms with Crippen LogP contribution in [0.25, 0.3) is 11.1 Å². The Hall–Kier alpha value is -2.99. The molecule has 0 bridgehead atoms. The van der Waals surface area contributed by atoms with Crippen molar-refractivity contribution in [2.24, 2.45) is 28.0 Å². The Morgan fingerprint density at radius 3 is 2.15 bits per heavy atom. The second kappa shape index (κ2) is 8.66. The minimum atomic E-state index is 0.0338. The average Bonchev–Trinajstić information content (AvgIpc) is 3.58. The largest absolute Gasteiger partial charge is 0.342 e. The summed E-state index contributed by atoms with van der Waals surface area (Å²) in [5.41, 5.74) is 5.21. The van der Waals surface area contributed by atoms with Crippen LogP contribution in [0.5, 0.6) is 0 Å². The van der Waals surface area contributed by atoms with E-state index >= 15 is 0 Å². The Morgan fingerprint density at radius 2 is 1.47 bits per heavy atom. The highest BCUT2D eigenvalue weighted by Gasteiger charge is 2.44. The van der Waals surface area contributed by atoms with Gasteiger partial charge in [-0.05, 0) is 53.8 Å². The maximum Gasteiger partial charge on any atom is 0.253 e. The van der Waals surface area contributed by atoms with Crippen LogP contribution >= 0.6 is 11.6 Å². The minimum absolute atomic E-state index is 0.0338. The van der Waals surface area contributed by atoms with E-state index in [4.69, 9.17) is 11.6 Å². The van der Waals surface area contributed by atoms with Crippen molar-refractivity contribution >= 4 is 23.4 Å². The van der Waals surface area contributed by atoms with Gasteiger partial charge in [0.2, 0.25) is 5.91 Å². The Balaban J connectivity index is 1.06. The van der Waals surface area contributed by atoms with Crippen molar-refractivity contribution in [3.05, 3.63) is 70.4 Å². The summed E-state index contributed by atoms with van der Waals surface area (Å²) in [6.45, 7) is 3.68. The molecule has 0 unspecified atom stereocenters. The summed E-state index contributed by atoms with van der Waals surface area (Å²) < 4.78 is 0. The molecule has 3 aliphatic heterocycles. The van der Waals surface area contributed by atoms with Crippen molar-refractivity contribution < 1.29 is 9.59 Å². The molecule has 0 spiro atoms. The summed E-state index contributed by atoms with van der Waals surface area (Å²) in [5.74, 6) is 1.11. The molecule has 3 atom stereocenters. The Kier molecular flexibility index (Phi) is 5.48. The molecular weight excluding hydrogens is 448 g/mol. The summed E-state index contributed by atoms with van der Waals surface area (Å²) >= 11 is 5.98. The maximum atomic E-state index is 13.2. The molecule has 0 N–H and O–H groups in total. The highest BCUT2D eigenvalue weighted by Crippen LogP contribution is 2.38. The Labute approximate surface area is 204 Å². The summed E-state index contributed by atoms with van der Waals surface area (Å²) in [5, 5.41) is 9.07. The van der Waals surface area contributed by atoms with Gasteiger partial charge in [0.1, 0.15) is 0 Å². The third-order valence-electron chi connectivity index (χ3n) is 7.84. The molecule has 174 valence electrons. The monoisotopic (exact) mass is 474 g/mol. The smallest absolute Gasteiger partial charge is 0.253 e. The van der Waals surface area contributed by atoms with Gasteiger partial charge in [0.05, 0.1) is 12.2 Å². The van der Waals surface area contributed by atoms with Gasteiger partial charge in [0.25, 0.3) is 5.91 Å². The van der Waals surface area contributed by atoms with Crippen LogP contribution in [0.15, 0.2) is 70.0 Å². The average molecular weight is 475 g/mol. The number of benzene rings is 2. The van der Waals surface area contributed by atoms with Crippen molar-refractivity contribution in [2.45, 2.75) is 19.3 Å². The van der Waals surface area contributed by atoms with Crippen molar-refractivity contribution in [2.75, 3.05) is 32.7 Å². The number of hydrogen-bond donors (Lipinski definition) is 0. The molecule has 3 heterocycles. The number of hydrogen-bond acceptors (Lipinski definition) is 4. The van der Waals surface area contributed by atoms with Crippen LogP contribution in [0.1, 0.15) is 29.6 Å². The first-order valence-electron chi connectivity index (χ1n) is 12.1. The topological polar surface area (TPSA) is 65.3 Å². The van der Waals surface area contributed by atoms with E-state index in [1.54, 1.807) is 0 Å². The highest BCUT2D eigenvalue weighted by atomic mass is 35.5. The molecule has 2 fully saturated rings. The molecule has 2 saturated heterocycles. The number of fused-ring (bicyclic) bond motifs is 1. The maximum absolute atomic E-state index is 13.2. The molecule has 2 aromatic carbocycles. The lowest BCUT2D eigenvalue weighted by Crippen LogP contribution is -2.39. The lowest BCUT2D eigenvalue weighted by molar-refractivity contribution is -0.135. The predicted molar refractivity (Wildman–Crippen MR) is 130 cm³/mol. The van der Waals surface area contributed by atoms with Crippen LogP contribution < -0.4 is 0 Å². The minimum Gasteiger partial charge on any atom is -0.342 e. The summed E-state index contributed by atoms with van der Waals surface area (Å²) in [7, 11) is 0. The number of likely N-dealkylation sites (tertiary alicyclic amines) is 2. The molecule has 6 rings (SSSR count). The summed E-state index contributed by atoms with van der Waals surface area (Å²) in [4.78, 5) is 30.3. The zero-order valence-electron chi connectivity index (χ0n) is 19.0. The normalized spacial score (nSPS) is 25.6. The van der Waals surface area contributed by atoms with Crippen LogP contribution in [0.2, 0.25) is 5.02 Å². The third kappa shape index (κ3) is 3.94. The molecule has 2 amide bonds. The van der Waals surface area contributed by atoms with E-state index in [1.807, 2.05) is 58.3 Å². The number of carbonyl (C=O) groups excluding carboxylic acids is 2. The van der Waals surface area contributed by atoms with Gasteiger partial charge in [-0.2, -0.15) is 10.2 Å². The van der Waals surface area contributed by atoms with Gasteiger partial charge in [-0.25, -0.2) is 0 Å². The Morgan fingerprint density at radius 1 is 0.853 bits per heavy atom. The van der Waals surface area contributed by atoms with Gasteiger partial charge in [-0.3, -0.25) is 9.59 Å². The van der Waals surface area contributed by atoms with Gasteiger partial charge >= 0.3 is 0 Å². The number of carbonyl (C=O) groups is 2. The predicted octanol–water partition coefficient (Wildman–Crippen LogP) is 5.06. The number of halogens is 1. The SMILES string of the molecule is O=C(c1ccc(-c2ccc(Cl)cc2)cc1)N1C[C@@H]2CN(C(=O)[C@@H]3CCC4=C(C3)N=NC4)C[C@H]2C1. The van der Waals surface area contributed by atoms with Crippen molar-refractivity contribution in [1.29, 1.82) is 0 Å². The van der Waals surface area contributed by atoms with Crippen molar-refractivity contribution in [3.8, 4) is 11.1 Å². The fourth-order valence-electron chi connectivity index (χ4n) is 5.90. The van der Waals surface area contributed by atoms with Crippen LogP contribution in [-0.4, -0.2) is 54.3 Å². The van der Waals surface area contributed by atoms with E-state index in [0.717, 1.165) is 68.8 Å². The molecule has 1 aliphatic carbocycles.